The fraction of sp³-hybridized carbons (Fsp3) is 1.00. The van der Waals surface area contributed by atoms with E-state index >= 15 is 0 Å². The Hall–Kier alpha value is -0.170. The smallest absolute Gasteiger partial charge is 0.151 e. The van der Waals surface area contributed by atoms with Crippen LogP contribution in [0.15, 0.2) is 0 Å². The minimum absolute atomic E-state index is 0.0280. The molecule has 6 heteroatoms. The van der Waals surface area contributed by atoms with Crippen molar-refractivity contribution >= 4 is 9.84 Å². The third-order valence-electron chi connectivity index (χ3n) is 3.72. The molecule has 0 radical (unpaired) electrons. The van der Waals surface area contributed by atoms with Crippen LogP contribution in [0, 0.1) is 0 Å². The second-order valence-electron chi connectivity index (χ2n) is 5.31. The molecule has 2 atom stereocenters. The molecule has 2 unspecified atom stereocenters. The van der Waals surface area contributed by atoms with E-state index in [4.69, 9.17) is 0 Å². The molecule has 0 aliphatic carbocycles. The summed E-state index contributed by atoms with van der Waals surface area (Å²) < 4.78 is 22.6. The summed E-state index contributed by atoms with van der Waals surface area (Å²) in [6.07, 6.45) is 3.17. The summed E-state index contributed by atoms with van der Waals surface area (Å²) >= 11 is 0. The largest absolute Gasteiger partial charge is 0.389 e. The zero-order chi connectivity index (χ0) is 12.4. The topological polar surface area (TPSA) is 78.4 Å². The monoisotopic (exact) mass is 262 g/mol. The highest BCUT2D eigenvalue weighted by atomic mass is 32.2. The Kier molecular flexibility index (Phi) is 4.07. The Morgan fingerprint density at radius 2 is 2.18 bits per heavy atom. The third kappa shape index (κ3) is 3.91. The van der Waals surface area contributed by atoms with Crippen molar-refractivity contribution in [1.29, 1.82) is 0 Å². The van der Waals surface area contributed by atoms with E-state index in [9.17, 15) is 13.5 Å². The minimum atomic E-state index is -2.83. The van der Waals surface area contributed by atoms with Gasteiger partial charge < -0.3 is 15.7 Å². The number of hydrogen-bond acceptors (Lipinski definition) is 5. The predicted octanol–water partition coefficient (Wildman–Crippen LogP) is -0.732. The maximum absolute atomic E-state index is 11.3. The Morgan fingerprint density at radius 1 is 1.35 bits per heavy atom. The van der Waals surface area contributed by atoms with Gasteiger partial charge in [-0.1, -0.05) is 0 Å². The fourth-order valence-electron chi connectivity index (χ4n) is 2.58. The summed E-state index contributed by atoms with van der Waals surface area (Å²) in [5.74, 6) is 0.506. The van der Waals surface area contributed by atoms with Gasteiger partial charge in [-0.25, -0.2) is 8.42 Å². The number of nitrogens with one attached hydrogen (secondary N) is 2. The number of aliphatic hydroxyl groups is 1. The van der Waals surface area contributed by atoms with Crippen molar-refractivity contribution in [2.24, 2.45) is 0 Å². The van der Waals surface area contributed by atoms with Gasteiger partial charge in [-0.2, -0.15) is 0 Å². The van der Waals surface area contributed by atoms with Gasteiger partial charge in [0, 0.05) is 12.6 Å². The number of sulfone groups is 1. The van der Waals surface area contributed by atoms with Crippen LogP contribution in [0.2, 0.25) is 0 Å². The SMILES string of the molecule is O=S1(=O)CCC(NCC2(O)CCCNCC2)C1. The fourth-order valence-corrected chi connectivity index (χ4v) is 4.29. The number of hydrogen-bond donors (Lipinski definition) is 3. The molecule has 2 fully saturated rings. The second kappa shape index (κ2) is 5.22. The summed E-state index contributed by atoms with van der Waals surface area (Å²) in [6.45, 7) is 2.30. The molecule has 2 heterocycles. The first-order valence-electron chi connectivity index (χ1n) is 6.36. The molecular weight excluding hydrogens is 240 g/mol. The van der Waals surface area contributed by atoms with E-state index in [1.54, 1.807) is 0 Å². The predicted molar refractivity (Wildman–Crippen MR) is 66.7 cm³/mol. The molecule has 2 aliphatic rings. The highest BCUT2D eigenvalue weighted by molar-refractivity contribution is 7.91. The van der Waals surface area contributed by atoms with Crippen LogP contribution in [0.5, 0.6) is 0 Å². The van der Waals surface area contributed by atoms with Crippen LogP contribution in [-0.2, 0) is 9.84 Å². The van der Waals surface area contributed by atoms with Crippen LogP contribution in [0.3, 0.4) is 0 Å². The zero-order valence-electron chi connectivity index (χ0n) is 10.1. The standard InChI is InChI=1S/C11H22N2O3S/c14-11(3-1-5-12-6-4-11)9-13-10-2-7-17(15,16)8-10/h10,12-14H,1-9H2. The normalized spacial score (nSPS) is 37.8. The molecular formula is C11H22N2O3S. The first-order chi connectivity index (χ1) is 7.99. The lowest BCUT2D eigenvalue weighted by molar-refractivity contribution is 0.0265. The Labute approximate surface area is 103 Å². The van der Waals surface area contributed by atoms with Gasteiger partial charge in [-0.05, 0) is 38.8 Å². The van der Waals surface area contributed by atoms with Crippen LogP contribution in [0.1, 0.15) is 25.7 Å². The van der Waals surface area contributed by atoms with Gasteiger partial charge in [0.2, 0.25) is 0 Å². The molecule has 3 N–H and O–H groups in total. The van der Waals surface area contributed by atoms with Crippen molar-refractivity contribution in [3.05, 3.63) is 0 Å². The molecule has 2 aliphatic heterocycles. The molecule has 0 saturated carbocycles. The van der Waals surface area contributed by atoms with Gasteiger partial charge in [0.05, 0.1) is 17.1 Å². The minimum Gasteiger partial charge on any atom is -0.389 e. The summed E-state index contributed by atoms with van der Waals surface area (Å²) in [5.41, 5.74) is -0.671. The maximum Gasteiger partial charge on any atom is 0.151 e. The van der Waals surface area contributed by atoms with Crippen molar-refractivity contribution in [3.8, 4) is 0 Å². The Balaban J connectivity index is 1.81. The molecule has 0 bridgehead atoms. The second-order valence-corrected chi connectivity index (χ2v) is 7.54. The van der Waals surface area contributed by atoms with Gasteiger partial charge in [0.1, 0.15) is 0 Å². The number of rotatable bonds is 3. The van der Waals surface area contributed by atoms with E-state index < -0.39 is 15.4 Å². The van der Waals surface area contributed by atoms with Crippen LogP contribution >= 0.6 is 0 Å². The van der Waals surface area contributed by atoms with E-state index in [-0.39, 0.29) is 17.5 Å². The summed E-state index contributed by atoms with van der Waals surface area (Å²) in [5, 5.41) is 16.9. The summed E-state index contributed by atoms with van der Waals surface area (Å²) in [4.78, 5) is 0. The molecule has 0 amide bonds. The average Bonchev–Trinajstić information content (AvgIpc) is 2.47. The van der Waals surface area contributed by atoms with Crippen molar-refractivity contribution in [2.45, 2.75) is 37.3 Å². The maximum atomic E-state index is 11.3. The summed E-state index contributed by atoms with van der Waals surface area (Å²) in [6, 6.07) is 0.0280. The summed E-state index contributed by atoms with van der Waals surface area (Å²) in [7, 11) is -2.83. The Bertz CT molecular complexity index is 348. The van der Waals surface area contributed by atoms with E-state index in [1.807, 2.05) is 0 Å². The van der Waals surface area contributed by atoms with Crippen LogP contribution in [0.25, 0.3) is 0 Å². The highest BCUT2D eigenvalue weighted by Crippen LogP contribution is 2.19. The average molecular weight is 262 g/mol. The van der Waals surface area contributed by atoms with Gasteiger partial charge in [0.25, 0.3) is 0 Å². The van der Waals surface area contributed by atoms with Gasteiger partial charge in [0.15, 0.2) is 9.84 Å². The lowest BCUT2D eigenvalue weighted by Gasteiger charge is -2.28. The van der Waals surface area contributed by atoms with E-state index in [1.165, 1.54) is 0 Å². The molecule has 5 nitrogen and oxygen atoms in total. The van der Waals surface area contributed by atoms with Crippen molar-refractivity contribution in [2.75, 3.05) is 31.1 Å². The van der Waals surface area contributed by atoms with Crippen LogP contribution < -0.4 is 10.6 Å². The molecule has 2 rings (SSSR count). The lowest BCUT2D eigenvalue weighted by Crippen LogP contribution is -2.45. The van der Waals surface area contributed by atoms with E-state index in [0.29, 0.717) is 13.0 Å². The van der Waals surface area contributed by atoms with Crippen LogP contribution in [-0.4, -0.2) is 56.3 Å². The van der Waals surface area contributed by atoms with Gasteiger partial charge in [-0.15, -0.1) is 0 Å². The molecule has 100 valence electrons. The molecule has 0 aromatic heterocycles. The van der Waals surface area contributed by atoms with Crippen molar-refractivity contribution < 1.29 is 13.5 Å². The zero-order valence-corrected chi connectivity index (χ0v) is 10.9. The molecule has 0 spiro atoms. The molecule has 0 aromatic carbocycles. The quantitative estimate of drug-likeness (QED) is 0.625. The van der Waals surface area contributed by atoms with Crippen molar-refractivity contribution in [3.63, 3.8) is 0 Å². The third-order valence-corrected chi connectivity index (χ3v) is 5.48. The van der Waals surface area contributed by atoms with Gasteiger partial charge >= 0.3 is 0 Å². The first-order valence-corrected chi connectivity index (χ1v) is 8.18. The Morgan fingerprint density at radius 3 is 2.88 bits per heavy atom. The van der Waals surface area contributed by atoms with E-state index in [2.05, 4.69) is 10.6 Å². The van der Waals surface area contributed by atoms with E-state index in [0.717, 1.165) is 32.4 Å². The lowest BCUT2D eigenvalue weighted by atomic mass is 9.94. The molecule has 0 aromatic rings. The molecule has 17 heavy (non-hydrogen) atoms. The first kappa shape index (κ1) is 13.3. The highest BCUT2D eigenvalue weighted by Gasteiger charge is 2.32. The van der Waals surface area contributed by atoms with Crippen molar-refractivity contribution in [1.82, 2.24) is 10.6 Å². The molecule has 2 saturated heterocycles. The van der Waals surface area contributed by atoms with Gasteiger partial charge in [-0.3, -0.25) is 0 Å². The van der Waals surface area contributed by atoms with Crippen LogP contribution in [0.4, 0.5) is 0 Å².